The fourth-order valence-electron chi connectivity index (χ4n) is 1.48. The minimum absolute atomic E-state index is 0.130. The number of amides is 1. The summed E-state index contributed by atoms with van der Waals surface area (Å²) < 4.78 is 18.2. The molecular weight excluding hydrogens is 273 g/mol. The summed E-state index contributed by atoms with van der Waals surface area (Å²) in [5, 5.41) is 0.192. The molecule has 0 aromatic heterocycles. The van der Waals surface area contributed by atoms with E-state index in [9.17, 15) is 14.0 Å². The second-order valence-corrected chi connectivity index (χ2v) is 4.34. The molecule has 0 bridgehead atoms. The van der Waals surface area contributed by atoms with Crippen LogP contribution in [-0.2, 0) is 20.7 Å². The van der Waals surface area contributed by atoms with E-state index in [0.29, 0.717) is 0 Å². The van der Waals surface area contributed by atoms with Crippen LogP contribution in [0.2, 0.25) is 5.02 Å². The maximum absolute atomic E-state index is 13.5. The second-order valence-electron chi connectivity index (χ2n) is 3.93. The molecule has 19 heavy (non-hydrogen) atoms. The third kappa shape index (κ3) is 4.52. The second kappa shape index (κ2) is 7.09. The van der Waals surface area contributed by atoms with Crippen LogP contribution in [0, 0.1) is 5.82 Å². The Morgan fingerprint density at radius 3 is 2.68 bits per heavy atom. The highest BCUT2D eigenvalue weighted by Gasteiger charge is 2.17. The smallest absolute Gasteiger partial charge is 0.325 e. The molecule has 6 heteroatoms. The van der Waals surface area contributed by atoms with Gasteiger partial charge in [-0.2, -0.15) is 0 Å². The van der Waals surface area contributed by atoms with E-state index in [4.69, 9.17) is 16.3 Å². The van der Waals surface area contributed by atoms with Crippen LogP contribution < -0.4 is 0 Å². The Hall–Kier alpha value is -1.62. The van der Waals surface area contributed by atoms with Gasteiger partial charge < -0.3 is 9.64 Å². The number of ether oxygens (including phenoxy) is 1. The zero-order chi connectivity index (χ0) is 14.4. The number of benzene rings is 1. The number of likely N-dealkylation sites (N-methyl/N-ethyl adjacent to an activating group) is 1. The van der Waals surface area contributed by atoms with Gasteiger partial charge in [0.15, 0.2) is 0 Å². The first kappa shape index (κ1) is 15.4. The van der Waals surface area contributed by atoms with Crippen molar-refractivity contribution in [2.45, 2.75) is 13.3 Å². The highest BCUT2D eigenvalue weighted by Crippen LogP contribution is 2.19. The van der Waals surface area contributed by atoms with Crippen molar-refractivity contribution in [1.82, 2.24) is 4.90 Å². The number of nitrogens with zero attached hydrogens (tertiary/aromatic N) is 1. The summed E-state index contributed by atoms with van der Waals surface area (Å²) >= 11 is 5.83. The predicted octanol–water partition coefficient (Wildman–Crippen LogP) is 2.04. The Labute approximate surface area is 116 Å². The van der Waals surface area contributed by atoms with Gasteiger partial charge >= 0.3 is 5.97 Å². The first-order chi connectivity index (χ1) is 8.95. The average molecular weight is 288 g/mol. The van der Waals surface area contributed by atoms with Crippen LogP contribution in [0.5, 0.6) is 0 Å². The molecule has 0 spiro atoms. The van der Waals surface area contributed by atoms with Crippen molar-refractivity contribution in [3.05, 3.63) is 34.6 Å². The monoisotopic (exact) mass is 287 g/mol. The predicted molar refractivity (Wildman–Crippen MR) is 69.4 cm³/mol. The summed E-state index contributed by atoms with van der Waals surface area (Å²) in [5.74, 6) is -1.44. The maximum Gasteiger partial charge on any atom is 0.325 e. The molecule has 0 fully saturated rings. The van der Waals surface area contributed by atoms with E-state index in [2.05, 4.69) is 0 Å². The molecule has 1 amide bonds. The molecule has 0 radical (unpaired) electrons. The van der Waals surface area contributed by atoms with Gasteiger partial charge in [0.25, 0.3) is 0 Å². The third-order valence-electron chi connectivity index (χ3n) is 2.49. The topological polar surface area (TPSA) is 46.6 Å². The van der Waals surface area contributed by atoms with Crippen molar-refractivity contribution in [2.24, 2.45) is 0 Å². The minimum atomic E-state index is -0.537. The van der Waals surface area contributed by atoms with E-state index in [1.54, 1.807) is 6.92 Å². The Morgan fingerprint density at radius 1 is 1.42 bits per heavy atom. The quantitative estimate of drug-likeness (QED) is 0.779. The van der Waals surface area contributed by atoms with E-state index in [1.807, 2.05) is 0 Å². The van der Waals surface area contributed by atoms with Crippen molar-refractivity contribution in [3.63, 3.8) is 0 Å². The molecule has 4 nitrogen and oxygen atoms in total. The van der Waals surface area contributed by atoms with Gasteiger partial charge in [-0.1, -0.05) is 17.7 Å². The number of hydrogen-bond acceptors (Lipinski definition) is 3. The molecule has 0 saturated heterocycles. The highest BCUT2D eigenvalue weighted by atomic mass is 35.5. The van der Waals surface area contributed by atoms with Crippen LogP contribution in [0.4, 0.5) is 4.39 Å². The van der Waals surface area contributed by atoms with Crippen molar-refractivity contribution < 1.29 is 18.7 Å². The molecule has 0 N–H and O–H groups in total. The zero-order valence-corrected chi connectivity index (χ0v) is 11.5. The Bertz CT molecular complexity index is 459. The van der Waals surface area contributed by atoms with Crippen molar-refractivity contribution in [1.29, 1.82) is 0 Å². The fraction of sp³-hybridized carbons (Fsp3) is 0.385. The lowest BCUT2D eigenvalue weighted by atomic mass is 10.1. The molecule has 0 aliphatic carbocycles. The largest absolute Gasteiger partial charge is 0.465 e. The van der Waals surface area contributed by atoms with Gasteiger partial charge in [0.2, 0.25) is 5.91 Å². The van der Waals surface area contributed by atoms with E-state index < -0.39 is 17.7 Å². The van der Waals surface area contributed by atoms with Crippen molar-refractivity contribution in [3.8, 4) is 0 Å². The van der Waals surface area contributed by atoms with Crippen LogP contribution in [0.15, 0.2) is 18.2 Å². The molecule has 1 aromatic rings. The molecule has 1 rings (SSSR count). The molecule has 0 heterocycles. The Balaban J connectivity index is 2.66. The van der Waals surface area contributed by atoms with Crippen LogP contribution in [0.1, 0.15) is 12.5 Å². The standard InChI is InChI=1S/C13H15ClFNO3/c1-3-19-13(18)8-16(2)12(17)7-9-10(14)5-4-6-11(9)15/h4-6H,3,7-8H2,1-2H3. The van der Waals surface area contributed by atoms with Gasteiger partial charge in [-0.3, -0.25) is 9.59 Å². The van der Waals surface area contributed by atoms with Gasteiger partial charge in [0, 0.05) is 17.6 Å². The Morgan fingerprint density at radius 2 is 2.11 bits per heavy atom. The number of carbonyl (C=O) groups excluding carboxylic acids is 2. The Kier molecular flexibility index (Phi) is 5.76. The van der Waals surface area contributed by atoms with E-state index in [0.717, 1.165) is 0 Å². The van der Waals surface area contributed by atoms with Crippen LogP contribution in [0.25, 0.3) is 0 Å². The number of esters is 1. The average Bonchev–Trinajstić information content (AvgIpc) is 2.34. The zero-order valence-electron chi connectivity index (χ0n) is 10.8. The summed E-state index contributed by atoms with van der Waals surface area (Å²) in [6.07, 6.45) is -0.193. The molecule has 0 atom stereocenters. The molecular formula is C13H15ClFNO3. The van der Waals surface area contributed by atoms with E-state index >= 15 is 0 Å². The number of rotatable bonds is 5. The van der Waals surface area contributed by atoms with Gasteiger partial charge in [-0.15, -0.1) is 0 Å². The molecule has 0 saturated carbocycles. The lowest BCUT2D eigenvalue weighted by molar-refractivity contribution is -0.147. The maximum atomic E-state index is 13.5. The molecule has 0 unspecified atom stereocenters. The molecule has 104 valence electrons. The van der Waals surface area contributed by atoms with E-state index in [1.165, 1.54) is 30.1 Å². The minimum Gasteiger partial charge on any atom is -0.465 e. The summed E-state index contributed by atoms with van der Waals surface area (Å²) in [6, 6.07) is 4.21. The van der Waals surface area contributed by atoms with Crippen LogP contribution in [0.3, 0.4) is 0 Å². The number of halogens is 2. The van der Waals surface area contributed by atoms with Gasteiger partial charge in [-0.05, 0) is 19.1 Å². The summed E-state index contributed by atoms with van der Waals surface area (Å²) in [5.41, 5.74) is 0.130. The lowest BCUT2D eigenvalue weighted by Crippen LogP contribution is -2.34. The summed E-state index contributed by atoms with van der Waals surface area (Å²) in [6.45, 7) is 1.76. The summed E-state index contributed by atoms with van der Waals surface area (Å²) in [4.78, 5) is 24.3. The van der Waals surface area contributed by atoms with Gasteiger partial charge in [-0.25, -0.2) is 4.39 Å². The lowest BCUT2D eigenvalue weighted by Gasteiger charge is -2.16. The van der Waals surface area contributed by atoms with Gasteiger partial charge in [0.05, 0.1) is 13.0 Å². The van der Waals surface area contributed by atoms with E-state index in [-0.39, 0.29) is 30.2 Å². The number of carbonyl (C=O) groups is 2. The first-order valence-electron chi connectivity index (χ1n) is 5.78. The molecule has 1 aromatic carbocycles. The first-order valence-corrected chi connectivity index (χ1v) is 6.16. The summed E-state index contributed by atoms with van der Waals surface area (Å²) in [7, 11) is 1.45. The fourth-order valence-corrected chi connectivity index (χ4v) is 1.71. The SMILES string of the molecule is CCOC(=O)CN(C)C(=O)Cc1c(F)cccc1Cl. The molecule has 0 aliphatic rings. The molecule has 0 aliphatic heterocycles. The van der Waals surface area contributed by atoms with Crippen molar-refractivity contribution >= 4 is 23.5 Å². The van der Waals surface area contributed by atoms with Gasteiger partial charge in [0.1, 0.15) is 12.4 Å². The van der Waals surface area contributed by atoms with Crippen LogP contribution >= 0.6 is 11.6 Å². The highest BCUT2D eigenvalue weighted by molar-refractivity contribution is 6.31. The number of hydrogen-bond donors (Lipinski definition) is 0. The van der Waals surface area contributed by atoms with Crippen LogP contribution in [-0.4, -0.2) is 37.0 Å². The normalized spacial score (nSPS) is 10.1. The third-order valence-corrected chi connectivity index (χ3v) is 2.84. The van der Waals surface area contributed by atoms with Crippen molar-refractivity contribution in [2.75, 3.05) is 20.2 Å².